The van der Waals surface area contributed by atoms with Crippen LogP contribution < -0.4 is 14.8 Å². The summed E-state index contributed by atoms with van der Waals surface area (Å²) < 4.78 is 10.8. The maximum Gasteiger partial charge on any atom is 0.231 e. The van der Waals surface area contributed by atoms with Crippen LogP contribution in [-0.4, -0.2) is 24.2 Å². The molecule has 3 rings (SSSR count). The Kier molecular flexibility index (Phi) is 3.60. The number of anilines is 1. The van der Waals surface area contributed by atoms with Crippen LogP contribution in [0.3, 0.4) is 0 Å². The first-order chi connectivity index (χ1) is 9.38. The van der Waals surface area contributed by atoms with E-state index in [1.54, 1.807) is 6.20 Å². The molecule has 0 unspecified atom stereocenters. The van der Waals surface area contributed by atoms with Crippen LogP contribution in [-0.2, 0) is 0 Å². The molecule has 100 valence electrons. The molecule has 2 heterocycles. The molecule has 0 fully saturated rings. The summed E-state index contributed by atoms with van der Waals surface area (Å²) in [5, 5.41) is 5.50. The first-order valence-corrected chi connectivity index (χ1v) is 6.90. The zero-order valence-electron chi connectivity index (χ0n) is 10.5. The van der Waals surface area contributed by atoms with Crippen molar-refractivity contribution in [2.45, 2.75) is 12.8 Å². The topological polar surface area (TPSA) is 43.4 Å². The number of ether oxygens (including phenoxy) is 2. The van der Waals surface area contributed by atoms with Gasteiger partial charge in [-0.2, -0.15) is 0 Å². The van der Waals surface area contributed by atoms with Gasteiger partial charge in [-0.05, 0) is 36.4 Å². The number of hydrogen-bond donors (Lipinski definition) is 1. The summed E-state index contributed by atoms with van der Waals surface area (Å²) in [6.45, 7) is 1.16. The van der Waals surface area contributed by atoms with Gasteiger partial charge in [-0.25, -0.2) is 4.98 Å². The van der Waals surface area contributed by atoms with Gasteiger partial charge in [0, 0.05) is 24.0 Å². The van der Waals surface area contributed by atoms with E-state index in [4.69, 9.17) is 21.1 Å². The molecular formula is C14H15ClN2O2. The lowest BCUT2D eigenvalue weighted by Crippen LogP contribution is -2.03. The van der Waals surface area contributed by atoms with Crippen LogP contribution in [0.2, 0.25) is 0 Å². The van der Waals surface area contributed by atoms with Gasteiger partial charge in [0.05, 0.1) is 0 Å². The van der Waals surface area contributed by atoms with Crippen molar-refractivity contribution < 1.29 is 9.47 Å². The first-order valence-electron chi connectivity index (χ1n) is 6.36. The van der Waals surface area contributed by atoms with Crippen LogP contribution in [0.15, 0.2) is 24.4 Å². The average molecular weight is 279 g/mol. The number of benzene rings is 1. The van der Waals surface area contributed by atoms with Crippen molar-refractivity contribution in [3.05, 3.63) is 24.4 Å². The number of halogens is 1. The number of fused-ring (bicyclic) bond motifs is 2. The van der Waals surface area contributed by atoms with Gasteiger partial charge in [-0.1, -0.05) is 0 Å². The molecule has 0 amide bonds. The minimum atomic E-state index is 0.289. The fourth-order valence-corrected chi connectivity index (χ4v) is 2.32. The number of nitrogens with zero attached hydrogens (tertiary/aromatic N) is 1. The Labute approximate surface area is 116 Å². The highest BCUT2D eigenvalue weighted by Gasteiger charge is 2.15. The van der Waals surface area contributed by atoms with Gasteiger partial charge in [-0.15, -0.1) is 11.6 Å². The van der Waals surface area contributed by atoms with Crippen LogP contribution in [0.1, 0.15) is 12.8 Å². The quantitative estimate of drug-likeness (QED) is 0.672. The summed E-state index contributed by atoms with van der Waals surface area (Å²) in [5.41, 5.74) is 0. The largest absolute Gasteiger partial charge is 0.454 e. The monoisotopic (exact) mass is 278 g/mol. The van der Waals surface area contributed by atoms with Gasteiger partial charge < -0.3 is 14.8 Å². The second-order valence-electron chi connectivity index (χ2n) is 4.41. The van der Waals surface area contributed by atoms with Crippen LogP contribution >= 0.6 is 11.6 Å². The predicted molar refractivity (Wildman–Crippen MR) is 76.3 cm³/mol. The standard InChI is InChI=1S/C14H15ClN2O2/c15-4-1-2-5-16-14-11-8-13-12(18-9-19-13)7-10(11)3-6-17-14/h3,6-8H,1-2,4-5,9H2,(H,16,17). The van der Waals surface area contributed by atoms with Gasteiger partial charge in [-0.3, -0.25) is 0 Å². The maximum absolute atomic E-state index is 5.67. The lowest BCUT2D eigenvalue weighted by atomic mass is 10.1. The molecule has 1 aliphatic rings. The van der Waals surface area contributed by atoms with Gasteiger partial charge >= 0.3 is 0 Å². The lowest BCUT2D eigenvalue weighted by Gasteiger charge is -2.09. The number of pyridine rings is 1. The Morgan fingerprint density at radius 2 is 2.05 bits per heavy atom. The number of unbranched alkanes of at least 4 members (excludes halogenated alkanes) is 1. The Balaban J connectivity index is 1.87. The fourth-order valence-electron chi connectivity index (χ4n) is 2.13. The third-order valence-electron chi connectivity index (χ3n) is 3.11. The number of rotatable bonds is 5. The second kappa shape index (κ2) is 5.53. The Bertz CT molecular complexity index is 589. The van der Waals surface area contributed by atoms with E-state index >= 15 is 0 Å². The van der Waals surface area contributed by atoms with E-state index in [9.17, 15) is 0 Å². The smallest absolute Gasteiger partial charge is 0.231 e. The van der Waals surface area contributed by atoms with Crippen molar-refractivity contribution in [3.8, 4) is 11.5 Å². The highest BCUT2D eigenvalue weighted by Crippen LogP contribution is 2.37. The summed E-state index contributed by atoms with van der Waals surface area (Å²) in [6, 6.07) is 5.94. The Morgan fingerprint density at radius 3 is 2.89 bits per heavy atom. The molecule has 0 bridgehead atoms. The van der Waals surface area contributed by atoms with E-state index in [0.717, 1.165) is 47.5 Å². The molecule has 0 saturated heterocycles. The van der Waals surface area contributed by atoms with E-state index in [2.05, 4.69) is 10.3 Å². The zero-order valence-corrected chi connectivity index (χ0v) is 11.2. The summed E-state index contributed by atoms with van der Waals surface area (Å²) >= 11 is 5.67. The molecule has 4 nitrogen and oxygen atoms in total. The molecule has 0 radical (unpaired) electrons. The lowest BCUT2D eigenvalue weighted by molar-refractivity contribution is 0.174. The molecule has 1 aromatic carbocycles. The molecule has 0 saturated carbocycles. The van der Waals surface area contributed by atoms with E-state index in [0.29, 0.717) is 5.88 Å². The molecule has 2 aromatic rings. The molecule has 19 heavy (non-hydrogen) atoms. The fraction of sp³-hybridized carbons (Fsp3) is 0.357. The van der Waals surface area contributed by atoms with Gasteiger partial charge in [0.25, 0.3) is 0 Å². The first kappa shape index (κ1) is 12.4. The van der Waals surface area contributed by atoms with Crippen LogP contribution in [0.5, 0.6) is 11.5 Å². The Morgan fingerprint density at radius 1 is 1.21 bits per heavy atom. The minimum Gasteiger partial charge on any atom is -0.454 e. The van der Waals surface area contributed by atoms with E-state index < -0.39 is 0 Å². The molecule has 5 heteroatoms. The van der Waals surface area contributed by atoms with Crippen molar-refractivity contribution in [1.29, 1.82) is 0 Å². The van der Waals surface area contributed by atoms with Gasteiger partial charge in [0.2, 0.25) is 6.79 Å². The number of alkyl halides is 1. The predicted octanol–water partition coefficient (Wildman–Crippen LogP) is 3.39. The third-order valence-corrected chi connectivity index (χ3v) is 3.38. The van der Waals surface area contributed by atoms with Crippen molar-refractivity contribution in [3.63, 3.8) is 0 Å². The summed E-state index contributed by atoms with van der Waals surface area (Å²) in [6.07, 6.45) is 3.84. The molecule has 1 N–H and O–H groups in total. The Hall–Kier alpha value is -1.68. The average Bonchev–Trinajstić information content (AvgIpc) is 2.88. The minimum absolute atomic E-state index is 0.289. The van der Waals surface area contributed by atoms with E-state index in [-0.39, 0.29) is 6.79 Å². The molecule has 0 aliphatic carbocycles. The van der Waals surface area contributed by atoms with Gasteiger partial charge in [0.15, 0.2) is 11.5 Å². The second-order valence-corrected chi connectivity index (χ2v) is 4.79. The van der Waals surface area contributed by atoms with Crippen molar-refractivity contribution in [1.82, 2.24) is 4.98 Å². The van der Waals surface area contributed by atoms with Crippen molar-refractivity contribution >= 4 is 28.2 Å². The molecular weight excluding hydrogens is 264 g/mol. The molecule has 0 atom stereocenters. The highest BCUT2D eigenvalue weighted by atomic mass is 35.5. The maximum atomic E-state index is 5.67. The number of hydrogen-bond acceptors (Lipinski definition) is 4. The van der Waals surface area contributed by atoms with Crippen molar-refractivity contribution in [2.75, 3.05) is 24.5 Å². The van der Waals surface area contributed by atoms with E-state index in [1.807, 2.05) is 18.2 Å². The zero-order chi connectivity index (χ0) is 13.1. The third kappa shape index (κ3) is 2.54. The van der Waals surface area contributed by atoms with Crippen molar-refractivity contribution in [2.24, 2.45) is 0 Å². The van der Waals surface area contributed by atoms with Crippen LogP contribution in [0, 0.1) is 0 Å². The van der Waals surface area contributed by atoms with Crippen LogP contribution in [0.25, 0.3) is 10.8 Å². The highest BCUT2D eigenvalue weighted by molar-refractivity contribution is 6.17. The SMILES string of the molecule is ClCCCCNc1nccc2cc3c(cc12)OCO3. The summed E-state index contributed by atoms with van der Waals surface area (Å²) in [7, 11) is 0. The summed E-state index contributed by atoms with van der Waals surface area (Å²) in [4.78, 5) is 4.39. The number of aromatic nitrogens is 1. The normalized spacial score (nSPS) is 12.9. The van der Waals surface area contributed by atoms with Gasteiger partial charge in [0.1, 0.15) is 5.82 Å². The van der Waals surface area contributed by atoms with E-state index in [1.165, 1.54) is 0 Å². The number of nitrogens with one attached hydrogen (secondary N) is 1. The summed E-state index contributed by atoms with van der Waals surface area (Å²) in [5.74, 6) is 3.16. The molecule has 0 spiro atoms. The van der Waals surface area contributed by atoms with Crippen LogP contribution in [0.4, 0.5) is 5.82 Å². The molecule has 1 aromatic heterocycles. The molecule has 1 aliphatic heterocycles.